The minimum Gasteiger partial charge on any atom is -0.361 e. The lowest BCUT2D eigenvalue weighted by Crippen LogP contribution is -2.35. The third-order valence-electron chi connectivity index (χ3n) is 5.77. The van der Waals surface area contributed by atoms with Crippen LogP contribution in [0, 0.1) is 0 Å². The Morgan fingerprint density at radius 1 is 1.18 bits per heavy atom. The molecule has 0 unspecified atom stereocenters. The van der Waals surface area contributed by atoms with Crippen molar-refractivity contribution >= 4 is 28.7 Å². The van der Waals surface area contributed by atoms with Gasteiger partial charge in [-0.05, 0) is 37.3 Å². The molecule has 2 heterocycles. The number of carbonyl (C=O) groups is 3. The fourth-order valence-electron chi connectivity index (χ4n) is 4.20. The van der Waals surface area contributed by atoms with E-state index in [-0.39, 0.29) is 30.3 Å². The quantitative estimate of drug-likeness (QED) is 0.642. The summed E-state index contributed by atoms with van der Waals surface area (Å²) >= 11 is 0. The Bertz CT molecular complexity index is 885. The Labute approximate surface area is 163 Å². The van der Waals surface area contributed by atoms with Gasteiger partial charge in [0.2, 0.25) is 5.91 Å². The monoisotopic (exact) mass is 382 g/mol. The van der Waals surface area contributed by atoms with E-state index in [1.807, 2.05) is 30.5 Å². The van der Waals surface area contributed by atoms with Gasteiger partial charge in [-0.2, -0.15) is 0 Å². The number of H-pyrrole nitrogens is 1. The molecular weight excluding hydrogens is 356 g/mol. The molecule has 4 amide bonds. The number of benzene rings is 1. The van der Waals surface area contributed by atoms with Crippen LogP contribution in [0.15, 0.2) is 30.5 Å². The van der Waals surface area contributed by atoms with Gasteiger partial charge in [0.25, 0.3) is 5.91 Å². The number of rotatable bonds is 7. The van der Waals surface area contributed by atoms with Crippen LogP contribution >= 0.6 is 0 Å². The molecule has 1 aliphatic heterocycles. The fourth-order valence-corrected chi connectivity index (χ4v) is 4.20. The lowest BCUT2D eigenvalue weighted by Gasteiger charge is -2.14. The van der Waals surface area contributed by atoms with Crippen LogP contribution in [0.1, 0.15) is 44.1 Å². The molecule has 2 fully saturated rings. The van der Waals surface area contributed by atoms with E-state index in [0.29, 0.717) is 19.4 Å². The predicted molar refractivity (Wildman–Crippen MR) is 106 cm³/mol. The van der Waals surface area contributed by atoms with Crippen LogP contribution < -0.4 is 10.6 Å². The van der Waals surface area contributed by atoms with Gasteiger partial charge in [0, 0.05) is 36.1 Å². The highest BCUT2D eigenvalue weighted by Crippen LogP contribution is 2.20. The van der Waals surface area contributed by atoms with E-state index < -0.39 is 6.04 Å². The number of aromatic amines is 1. The minimum atomic E-state index is -0.607. The molecule has 28 heavy (non-hydrogen) atoms. The zero-order chi connectivity index (χ0) is 19.5. The van der Waals surface area contributed by atoms with Gasteiger partial charge in [-0.3, -0.25) is 14.5 Å². The first-order valence-electron chi connectivity index (χ1n) is 10.1. The summed E-state index contributed by atoms with van der Waals surface area (Å²) in [6.07, 6.45) is 7.50. The van der Waals surface area contributed by atoms with Gasteiger partial charge in [-0.25, -0.2) is 4.79 Å². The Morgan fingerprint density at radius 3 is 2.79 bits per heavy atom. The average molecular weight is 382 g/mol. The first kappa shape index (κ1) is 18.5. The molecule has 2 aromatic rings. The first-order valence-corrected chi connectivity index (χ1v) is 10.1. The molecule has 1 aliphatic carbocycles. The van der Waals surface area contributed by atoms with Gasteiger partial charge in [-0.1, -0.05) is 31.0 Å². The topological polar surface area (TPSA) is 94.3 Å². The Morgan fingerprint density at radius 2 is 1.96 bits per heavy atom. The van der Waals surface area contributed by atoms with Crippen molar-refractivity contribution in [2.45, 2.75) is 57.0 Å². The molecule has 7 nitrogen and oxygen atoms in total. The minimum absolute atomic E-state index is 0.0359. The van der Waals surface area contributed by atoms with E-state index in [9.17, 15) is 14.4 Å². The zero-order valence-electron chi connectivity index (χ0n) is 15.9. The van der Waals surface area contributed by atoms with E-state index in [4.69, 9.17) is 0 Å². The molecule has 1 saturated heterocycles. The third-order valence-corrected chi connectivity index (χ3v) is 5.77. The van der Waals surface area contributed by atoms with E-state index >= 15 is 0 Å². The van der Waals surface area contributed by atoms with Crippen LogP contribution in [0.3, 0.4) is 0 Å². The molecule has 1 atom stereocenters. The summed E-state index contributed by atoms with van der Waals surface area (Å²) in [4.78, 5) is 41.4. The number of urea groups is 1. The number of fused-ring (bicyclic) bond motifs is 1. The van der Waals surface area contributed by atoms with Gasteiger partial charge >= 0.3 is 6.03 Å². The number of hydrogen-bond donors (Lipinski definition) is 3. The van der Waals surface area contributed by atoms with Crippen LogP contribution in [0.4, 0.5) is 4.79 Å². The summed E-state index contributed by atoms with van der Waals surface area (Å²) < 4.78 is 0. The maximum Gasteiger partial charge on any atom is 0.324 e. The largest absolute Gasteiger partial charge is 0.361 e. The van der Waals surface area contributed by atoms with Crippen molar-refractivity contribution in [1.82, 2.24) is 20.5 Å². The van der Waals surface area contributed by atoms with Gasteiger partial charge in [0.05, 0.1) is 0 Å². The maximum atomic E-state index is 12.6. The SMILES string of the molecule is O=C(CC[C@@H]1NC(=O)N(CCc2c[nH]c3ccccc23)C1=O)NC1CCCC1. The molecule has 3 N–H and O–H groups in total. The standard InChI is InChI=1S/C21H26N4O3/c26-19(23-15-5-1-2-6-15)10-9-18-20(27)25(21(28)24-18)12-11-14-13-22-17-8-4-3-7-16(14)17/h3-4,7-8,13,15,18,22H,1-2,5-6,9-12H2,(H,23,26)(H,24,28)/t18-/m0/s1. The van der Waals surface area contributed by atoms with Crippen LogP contribution in [0.5, 0.6) is 0 Å². The zero-order valence-corrected chi connectivity index (χ0v) is 15.9. The summed E-state index contributed by atoms with van der Waals surface area (Å²) in [5.41, 5.74) is 2.12. The number of carbonyl (C=O) groups excluding carboxylic acids is 3. The summed E-state index contributed by atoms with van der Waals surface area (Å²) in [5, 5.41) is 6.85. The molecule has 2 aliphatic rings. The van der Waals surface area contributed by atoms with Crippen molar-refractivity contribution in [3.63, 3.8) is 0 Å². The van der Waals surface area contributed by atoms with E-state index in [1.165, 1.54) is 4.90 Å². The number of amides is 4. The molecule has 1 aromatic heterocycles. The van der Waals surface area contributed by atoms with Crippen molar-refractivity contribution in [2.75, 3.05) is 6.54 Å². The molecule has 4 rings (SSSR count). The number of nitrogens with one attached hydrogen (secondary N) is 3. The van der Waals surface area contributed by atoms with Crippen LogP contribution in [0.25, 0.3) is 10.9 Å². The molecule has 1 saturated carbocycles. The van der Waals surface area contributed by atoms with E-state index in [1.54, 1.807) is 0 Å². The van der Waals surface area contributed by atoms with Gasteiger partial charge in [0.15, 0.2) is 0 Å². The molecule has 7 heteroatoms. The number of aromatic nitrogens is 1. The highest BCUT2D eigenvalue weighted by atomic mass is 16.2. The predicted octanol–water partition coefficient (Wildman–Crippen LogP) is 2.47. The van der Waals surface area contributed by atoms with Crippen molar-refractivity contribution in [1.29, 1.82) is 0 Å². The molecule has 0 bridgehead atoms. The molecule has 1 aromatic carbocycles. The lowest BCUT2D eigenvalue weighted by molar-refractivity contribution is -0.127. The summed E-state index contributed by atoms with van der Waals surface area (Å²) in [5.74, 6) is -0.273. The second kappa shape index (κ2) is 8.04. The molecule has 0 spiro atoms. The number of hydrogen-bond acceptors (Lipinski definition) is 3. The first-order chi connectivity index (χ1) is 13.6. The van der Waals surface area contributed by atoms with Crippen molar-refractivity contribution < 1.29 is 14.4 Å². The van der Waals surface area contributed by atoms with Gasteiger partial charge < -0.3 is 15.6 Å². The Hall–Kier alpha value is -2.83. The molecule has 148 valence electrons. The van der Waals surface area contributed by atoms with Crippen molar-refractivity contribution in [2.24, 2.45) is 0 Å². The summed E-state index contributed by atoms with van der Waals surface area (Å²) in [7, 11) is 0. The van der Waals surface area contributed by atoms with E-state index in [2.05, 4.69) is 15.6 Å². The highest BCUT2D eigenvalue weighted by molar-refractivity contribution is 6.04. The average Bonchev–Trinajstić information content (AvgIpc) is 3.40. The van der Waals surface area contributed by atoms with Crippen LogP contribution in [-0.4, -0.2) is 46.4 Å². The number of imide groups is 1. The van der Waals surface area contributed by atoms with E-state index in [0.717, 1.165) is 42.1 Å². The summed E-state index contributed by atoms with van der Waals surface area (Å²) in [6, 6.07) is 7.26. The Balaban J connectivity index is 1.29. The van der Waals surface area contributed by atoms with Gasteiger partial charge in [-0.15, -0.1) is 0 Å². The van der Waals surface area contributed by atoms with Crippen LogP contribution in [-0.2, 0) is 16.0 Å². The Kier molecular flexibility index (Phi) is 5.32. The maximum absolute atomic E-state index is 12.6. The van der Waals surface area contributed by atoms with Crippen molar-refractivity contribution in [3.05, 3.63) is 36.0 Å². The normalized spacial score (nSPS) is 20.1. The number of para-hydroxylation sites is 1. The lowest BCUT2D eigenvalue weighted by atomic mass is 10.1. The van der Waals surface area contributed by atoms with Crippen LogP contribution in [0.2, 0.25) is 0 Å². The second-order valence-electron chi connectivity index (χ2n) is 7.69. The molecular formula is C21H26N4O3. The summed E-state index contributed by atoms with van der Waals surface area (Å²) in [6.45, 7) is 0.331. The molecule has 0 radical (unpaired) electrons. The fraction of sp³-hybridized carbons (Fsp3) is 0.476. The smallest absolute Gasteiger partial charge is 0.324 e. The second-order valence-corrected chi connectivity index (χ2v) is 7.69. The van der Waals surface area contributed by atoms with Crippen molar-refractivity contribution in [3.8, 4) is 0 Å². The van der Waals surface area contributed by atoms with Gasteiger partial charge in [0.1, 0.15) is 6.04 Å². The third kappa shape index (κ3) is 3.88. The number of nitrogens with zero attached hydrogens (tertiary/aromatic N) is 1. The highest BCUT2D eigenvalue weighted by Gasteiger charge is 2.37.